The van der Waals surface area contributed by atoms with Crippen molar-refractivity contribution in [3.63, 3.8) is 0 Å². The van der Waals surface area contributed by atoms with Gasteiger partial charge in [-0.25, -0.2) is 4.63 Å². The highest BCUT2D eigenvalue weighted by atomic mass is 16.6. The number of benzene rings is 1. The maximum atomic E-state index is 10.1. The SMILES string of the molecule is CN=C1NC(C2CCN(C)CC2)=C(C#N)C(c2cccc3nonc23)/C1=C/N. The van der Waals surface area contributed by atoms with Gasteiger partial charge in [0.2, 0.25) is 0 Å². The minimum atomic E-state index is -0.361. The molecule has 1 aromatic carbocycles. The molecule has 4 rings (SSSR count). The van der Waals surface area contributed by atoms with Crippen LogP contribution in [0.4, 0.5) is 0 Å². The van der Waals surface area contributed by atoms with E-state index in [0.717, 1.165) is 42.8 Å². The molecule has 2 aliphatic rings. The number of nitrogens with zero attached hydrogens (tertiary/aromatic N) is 5. The van der Waals surface area contributed by atoms with Gasteiger partial charge in [0.05, 0.1) is 17.6 Å². The van der Waals surface area contributed by atoms with Crippen molar-refractivity contribution < 1.29 is 4.63 Å². The molecule has 0 bridgehead atoms. The van der Waals surface area contributed by atoms with Crippen LogP contribution in [0.5, 0.6) is 0 Å². The van der Waals surface area contributed by atoms with Gasteiger partial charge in [0, 0.05) is 30.4 Å². The summed E-state index contributed by atoms with van der Waals surface area (Å²) in [5.41, 5.74) is 10.5. The van der Waals surface area contributed by atoms with Crippen molar-refractivity contribution >= 4 is 16.9 Å². The molecule has 8 nitrogen and oxygen atoms in total. The predicted octanol–water partition coefficient (Wildman–Crippen LogP) is 1.90. The highest BCUT2D eigenvalue weighted by molar-refractivity contribution is 6.04. The van der Waals surface area contributed by atoms with Crippen molar-refractivity contribution in [2.75, 3.05) is 27.2 Å². The first-order chi connectivity index (χ1) is 13.7. The summed E-state index contributed by atoms with van der Waals surface area (Å²) in [5.74, 6) is 0.605. The number of nitriles is 1. The Morgan fingerprint density at radius 3 is 2.82 bits per heavy atom. The molecule has 144 valence electrons. The molecular weight excluding hydrogens is 354 g/mol. The third-order valence-corrected chi connectivity index (χ3v) is 5.70. The number of piperidine rings is 1. The second kappa shape index (κ2) is 7.44. The Morgan fingerprint density at radius 2 is 2.14 bits per heavy atom. The molecule has 3 N–H and O–H groups in total. The average Bonchev–Trinajstić information content (AvgIpc) is 3.21. The molecular formula is C20H23N7O. The normalized spacial score (nSPS) is 24.7. The van der Waals surface area contributed by atoms with Gasteiger partial charge in [-0.15, -0.1) is 0 Å². The lowest BCUT2D eigenvalue weighted by molar-refractivity contribution is 0.234. The summed E-state index contributed by atoms with van der Waals surface area (Å²) in [6, 6.07) is 8.13. The van der Waals surface area contributed by atoms with Crippen LogP contribution in [0.1, 0.15) is 24.3 Å². The summed E-state index contributed by atoms with van der Waals surface area (Å²) >= 11 is 0. The van der Waals surface area contributed by atoms with Crippen molar-refractivity contribution in [2.45, 2.75) is 18.8 Å². The predicted molar refractivity (Wildman–Crippen MR) is 106 cm³/mol. The first kappa shape index (κ1) is 18.2. The van der Waals surface area contributed by atoms with E-state index in [-0.39, 0.29) is 11.8 Å². The van der Waals surface area contributed by atoms with E-state index in [4.69, 9.17) is 10.4 Å². The molecule has 0 radical (unpaired) electrons. The minimum Gasteiger partial charge on any atom is -0.404 e. The summed E-state index contributed by atoms with van der Waals surface area (Å²) in [6.45, 7) is 2.00. The minimum absolute atomic E-state index is 0.277. The molecule has 1 aromatic heterocycles. The lowest BCUT2D eigenvalue weighted by Crippen LogP contribution is -2.41. The van der Waals surface area contributed by atoms with E-state index in [1.165, 1.54) is 6.20 Å². The van der Waals surface area contributed by atoms with Crippen molar-refractivity contribution in [3.8, 4) is 6.07 Å². The van der Waals surface area contributed by atoms with Crippen LogP contribution in [0.3, 0.4) is 0 Å². The zero-order valence-corrected chi connectivity index (χ0v) is 16.0. The molecule has 28 heavy (non-hydrogen) atoms. The van der Waals surface area contributed by atoms with E-state index in [9.17, 15) is 5.26 Å². The smallest absolute Gasteiger partial charge is 0.139 e. The molecule has 1 fully saturated rings. The number of nitrogens with two attached hydrogens (primary N) is 1. The Morgan fingerprint density at radius 1 is 1.36 bits per heavy atom. The molecule has 1 unspecified atom stereocenters. The molecule has 0 saturated carbocycles. The van der Waals surface area contributed by atoms with E-state index in [1.807, 2.05) is 18.2 Å². The lowest BCUT2D eigenvalue weighted by Gasteiger charge is -2.36. The van der Waals surface area contributed by atoms with Crippen molar-refractivity contribution in [1.82, 2.24) is 20.5 Å². The van der Waals surface area contributed by atoms with Crippen molar-refractivity contribution in [1.29, 1.82) is 5.26 Å². The Bertz CT molecular complexity index is 1020. The van der Waals surface area contributed by atoms with Crippen LogP contribution in [0.25, 0.3) is 11.0 Å². The highest BCUT2D eigenvalue weighted by Crippen LogP contribution is 2.41. The molecule has 0 amide bonds. The number of allylic oxidation sites excluding steroid dienone is 2. The number of aromatic nitrogens is 2. The molecule has 1 saturated heterocycles. The van der Waals surface area contributed by atoms with E-state index < -0.39 is 0 Å². The third-order valence-electron chi connectivity index (χ3n) is 5.70. The quantitative estimate of drug-likeness (QED) is 0.821. The van der Waals surface area contributed by atoms with E-state index >= 15 is 0 Å². The van der Waals surface area contributed by atoms with Gasteiger partial charge < -0.3 is 16.0 Å². The molecule has 2 aliphatic heterocycles. The van der Waals surface area contributed by atoms with Gasteiger partial charge >= 0.3 is 0 Å². The van der Waals surface area contributed by atoms with E-state index in [0.29, 0.717) is 22.4 Å². The van der Waals surface area contributed by atoms with Gasteiger partial charge in [-0.05, 0) is 54.9 Å². The first-order valence-electron chi connectivity index (χ1n) is 9.37. The van der Waals surface area contributed by atoms with Gasteiger partial charge in [-0.3, -0.25) is 4.99 Å². The maximum absolute atomic E-state index is 10.1. The molecule has 8 heteroatoms. The second-order valence-corrected chi connectivity index (χ2v) is 7.25. The van der Waals surface area contributed by atoms with E-state index in [2.05, 4.69) is 38.6 Å². The average molecular weight is 377 g/mol. The molecule has 1 atom stereocenters. The summed E-state index contributed by atoms with van der Waals surface area (Å²) < 4.78 is 4.94. The molecule has 3 heterocycles. The summed E-state index contributed by atoms with van der Waals surface area (Å²) in [6.07, 6.45) is 3.51. The van der Waals surface area contributed by atoms with Crippen LogP contribution >= 0.6 is 0 Å². The third kappa shape index (κ3) is 2.94. The maximum Gasteiger partial charge on any atom is 0.139 e. The summed E-state index contributed by atoms with van der Waals surface area (Å²) in [5, 5.41) is 21.6. The number of rotatable bonds is 2. The summed E-state index contributed by atoms with van der Waals surface area (Å²) in [7, 11) is 3.85. The monoisotopic (exact) mass is 377 g/mol. The first-order valence-corrected chi connectivity index (χ1v) is 9.37. The number of nitrogens with one attached hydrogen (secondary N) is 1. The van der Waals surface area contributed by atoms with E-state index in [1.54, 1.807) is 7.05 Å². The van der Waals surface area contributed by atoms with Gasteiger partial charge in [0.15, 0.2) is 0 Å². The number of amidine groups is 1. The van der Waals surface area contributed by atoms with Gasteiger partial charge in [-0.2, -0.15) is 5.26 Å². The largest absolute Gasteiger partial charge is 0.404 e. The number of hydrogen-bond donors (Lipinski definition) is 2. The van der Waals surface area contributed by atoms with Crippen molar-refractivity contribution in [2.24, 2.45) is 16.6 Å². The number of aliphatic imine (C=N–C) groups is 1. The summed E-state index contributed by atoms with van der Waals surface area (Å²) in [4.78, 5) is 6.73. The Hall–Kier alpha value is -3.18. The fraction of sp³-hybridized carbons (Fsp3) is 0.400. The number of hydrogen-bond acceptors (Lipinski definition) is 7. The van der Waals surface area contributed by atoms with Gasteiger partial charge in [0.25, 0.3) is 0 Å². The van der Waals surface area contributed by atoms with Crippen LogP contribution in [0, 0.1) is 17.2 Å². The molecule has 2 aromatic rings. The Kier molecular flexibility index (Phi) is 4.84. The van der Waals surface area contributed by atoms with Gasteiger partial charge in [-0.1, -0.05) is 12.1 Å². The molecule has 0 aliphatic carbocycles. The fourth-order valence-electron chi connectivity index (χ4n) is 4.20. The Labute approximate surface area is 163 Å². The highest BCUT2D eigenvalue weighted by Gasteiger charge is 2.37. The van der Waals surface area contributed by atoms with Crippen LogP contribution < -0.4 is 11.1 Å². The van der Waals surface area contributed by atoms with Gasteiger partial charge in [0.1, 0.15) is 16.9 Å². The lowest BCUT2D eigenvalue weighted by atomic mass is 9.77. The fourth-order valence-corrected chi connectivity index (χ4v) is 4.20. The standard InChI is InChI=1S/C20H23N7O/c1-23-20-15(11-22)17(13-4-3-5-16-19(13)26-28-25-16)14(10-21)18(24-20)12-6-8-27(2)9-7-12/h3-5,11-12,17H,6-9,22H2,1-2H3,(H,23,24)/b15-11-. The number of likely N-dealkylation sites (tertiary alicyclic amines) is 1. The number of fused-ring (bicyclic) bond motifs is 1. The zero-order chi connectivity index (χ0) is 19.7. The second-order valence-electron chi connectivity index (χ2n) is 7.25. The van der Waals surface area contributed by atoms with Crippen LogP contribution in [0.2, 0.25) is 0 Å². The Balaban J connectivity index is 1.91. The topological polar surface area (TPSA) is 116 Å². The van der Waals surface area contributed by atoms with Crippen LogP contribution in [-0.2, 0) is 0 Å². The van der Waals surface area contributed by atoms with Crippen LogP contribution in [0.15, 0.2) is 50.9 Å². The van der Waals surface area contributed by atoms with Crippen LogP contribution in [-0.4, -0.2) is 48.2 Å². The zero-order valence-electron chi connectivity index (χ0n) is 16.0. The van der Waals surface area contributed by atoms with Crippen molar-refractivity contribution in [3.05, 3.63) is 46.8 Å². The molecule has 0 spiro atoms.